The van der Waals surface area contributed by atoms with Crippen molar-refractivity contribution in [3.05, 3.63) is 54.1 Å². The topological polar surface area (TPSA) is 57.9 Å². The number of benzene rings is 1. The van der Waals surface area contributed by atoms with Gasteiger partial charge in [-0.15, -0.1) is 24.0 Å². The average molecular weight is 546 g/mol. The Morgan fingerprint density at radius 3 is 2.84 bits per heavy atom. The molecule has 10 heteroatoms. The average Bonchev–Trinajstić information content (AvgIpc) is 3.39. The van der Waals surface area contributed by atoms with Gasteiger partial charge in [-0.25, -0.2) is 9.98 Å². The standard InChI is InChI=1S/C21H28F2N6O.HI/c1-2-24-21(26-12-19-25-8-9-29(19)20(22)23)28-14-17-18(15-28)30-11-10-27(17)13-16-6-4-3-5-7-16;/h3-9,17-18,20H,2,10-15H2,1H3,(H,24,26);1H. The van der Waals surface area contributed by atoms with E-state index in [2.05, 4.69) is 49.4 Å². The lowest BCUT2D eigenvalue weighted by Crippen LogP contribution is -2.50. The van der Waals surface area contributed by atoms with Crippen LogP contribution in [0.3, 0.4) is 0 Å². The van der Waals surface area contributed by atoms with Gasteiger partial charge in [-0.3, -0.25) is 9.47 Å². The molecular formula is C21H29F2IN6O. The highest BCUT2D eigenvalue weighted by Gasteiger charge is 2.41. The summed E-state index contributed by atoms with van der Waals surface area (Å²) in [7, 11) is 0. The van der Waals surface area contributed by atoms with E-state index in [4.69, 9.17) is 4.74 Å². The SMILES string of the molecule is CCNC(=NCc1nccn1C(F)F)N1CC2OCCN(Cc3ccccc3)C2C1.I. The van der Waals surface area contributed by atoms with Crippen LogP contribution in [-0.4, -0.2) is 70.2 Å². The molecule has 1 N–H and O–H groups in total. The van der Waals surface area contributed by atoms with Crippen molar-refractivity contribution in [3.63, 3.8) is 0 Å². The molecule has 1 aromatic carbocycles. The maximum absolute atomic E-state index is 13.1. The largest absolute Gasteiger partial charge is 0.373 e. The van der Waals surface area contributed by atoms with E-state index in [0.717, 1.165) is 30.7 Å². The van der Waals surface area contributed by atoms with Crippen molar-refractivity contribution in [1.29, 1.82) is 0 Å². The fourth-order valence-corrected chi connectivity index (χ4v) is 4.16. The number of guanidine groups is 1. The smallest absolute Gasteiger partial charge is 0.319 e. The maximum atomic E-state index is 13.1. The van der Waals surface area contributed by atoms with Crippen LogP contribution < -0.4 is 5.32 Å². The fourth-order valence-electron chi connectivity index (χ4n) is 4.16. The Balaban J connectivity index is 0.00000272. The number of hydrogen-bond donors (Lipinski definition) is 1. The number of aliphatic imine (C=N–C) groups is 1. The molecule has 2 saturated heterocycles. The van der Waals surface area contributed by atoms with Gasteiger partial charge in [0.05, 0.1) is 18.8 Å². The molecule has 1 aromatic heterocycles. The van der Waals surface area contributed by atoms with E-state index in [1.165, 1.54) is 18.0 Å². The summed E-state index contributed by atoms with van der Waals surface area (Å²) in [6, 6.07) is 10.7. The molecule has 3 heterocycles. The van der Waals surface area contributed by atoms with E-state index >= 15 is 0 Å². The first-order valence-corrected chi connectivity index (χ1v) is 10.4. The van der Waals surface area contributed by atoms with Crippen LogP contribution in [0.4, 0.5) is 8.78 Å². The summed E-state index contributed by atoms with van der Waals surface area (Å²) in [5.74, 6) is 0.956. The van der Waals surface area contributed by atoms with Crippen LogP contribution in [0.25, 0.3) is 0 Å². The Labute approximate surface area is 198 Å². The number of halogens is 3. The molecule has 0 aliphatic carbocycles. The van der Waals surface area contributed by atoms with E-state index in [1.807, 2.05) is 13.0 Å². The molecule has 7 nitrogen and oxygen atoms in total. The van der Waals surface area contributed by atoms with Crippen LogP contribution >= 0.6 is 24.0 Å². The molecule has 2 aliphatic rings. The summed E-state index contributed by atoms with van der Waals surface area (Å²) in [6.45, 7) is 4.18. The Morgan fingerprint density at radius 1 is 1.29 bits per heavy atom. The molecule has 170 valence electrons. The molecular weight excluding hydrogens is 517 g/mol. The first kappa shape index (κ1) is 23.9. The first-order chi connectivity index (χ1) is 14.7. The van der Waals surface area contributed by atoms with Crippen LogP contribution in [0.15, 0.2) is 47.7 Å². The molecule has 0 bridgehead atoms. The van der Waals surface area contributed by atoms with Crippen LogP contribution in [0.2, 0.25) is 0 Å². The van der Waals surface area contributed by atoms with Crippen molar-refractivity contribution in [2.45, 2.75) is 38.7 Å². The molecule has 2 fully saturated rings. The molecule has 2 aliphatic heterocycles. The van der Waals surface area contributed by atoms with Crippen molar-refractivity contribution in [2.75, 3.05) is 32.8 Å². The summed E-state index contributed by atoms with van der Waals surface area (Å²) < 4.78 is 33.1. The lowest BCUT2D eigenvalue weighted by molar-refractivity contribution is -0.0502. The third kappa shape index (κ3) is 5.72. The third-order valence-corrected chi connectivity index (χ3v) is 5.61. The number of hydrogen-bond acceptors (Lipinski definition) is 4. The summed E-state index contributed by atoms with van der Waals surface area (Å²) in [6.07, 6.45) is 2.76. The number of aromatic nitrogens is 2. The fraction of sp³-hybridized carbons (Fsp3) is 0.524. The zero-order valence-electron chi connectivity index (χ0n) is 17.5. The number of nitrogens with zero attached hydrogens (tertiary/aromatic N) is 5. The Bertz CT molecular complexity index is 849. The third-order valence-electron chi connectivity index (χ3n) is 5.61. The second-order valence-electron chi connectivity index (χ2n) is 7.54. The van der Waals surface area contributed by atoms with Crippen LogP contribution in [-0.2, 0) is 17.8 Å². The van der Waals surface area contributed by atoms with Gasteiger partial charge < -0.3 is 15.0 Å². The highest BCUT2D eigenvalue weighted by molar-refractivity contribution is 14.0. The summed E-state index contributed by atoms with van der Waals surface area (Å²) in [4.78, 5) is 13.2. The van der Waals surface area contributed by atoms with Crippen LogP contribution in [0.5, 0.6) is 0 Å². The van der Waals surface area contributed by atoms with Gasteiger partial charge >= 0.3 is 6.55 Å². The molecule has 0 amide bonds. The van der Waals surface area contributed by atoms with Crippen molar-refractivity contribution < 1.29 is 13.5 Å². The zero-order valence-corrected chi connectivity index (χ0v) is 19.9. The molecule has 2 aromatic rings. The highest BCUT2D eigenvalue weighted by atomic mass is 127. The number of fused-ring (bicyclic) bond motifs is 1. The Morgan fingerprint density at radius 2 is 2.10 bits per heavy atom. The van der Waals surface area contributed by atoms with E-state index < -0.39 is 6.55 Å². The van der Waals surface area contributed by atoms with Crippen LogP contribution in [0, 0.1) is 0 Å². The maximum Gasteiger partial charge on any atom is 0.319 e. The minimum atomic E-state index is -2.62. The lowest BCUT2D eigenvalue weighted by Gasteiger charge is -2.36. The van der Waals surface area contributed by atoms with Gasteiger partial charge in [0.2, 0.25) is 0 Å². The second-order valence-corrected chi connectivity index (χ2v) is 7.54. The second kappa shape index (κ2) is 11.2. The van der Waals surface area contributed by atoms with Gasteiger partial charge in [-0.1, -0.05) is 30.3 Å². The number of imidazole rings is 1. The number of morpholine rings is 1. The van der Waals surface area contributed by atoms with Crippen molar-refractivity contribution in [3.8, 4) is 0 Å². The first-order valence-electron chi connectivity index (χ1n) is 10.4. The lowest BCUT2D eigenvalue weighted by atomic mass is 10.1. The quantitative estimate of drug-likeness (QED) is 0.343. The van der Waals surface area contributed by atoms with E-state index in [1.54, 1.807) is 0 Å². The van der Waals surface area contributed by atoms with E-state index in [0.29, 0.717) is 19.1 Å². The van der Waals surface area contributed by atoms with Gasteiger partial charge in [-0.2, -0.15) is 8.78 Å². The van der Waals surface area contributed by atoms with Crippen molar-refractivity contribution >= 4 is 29.9 Å². The van der Waals surface area contributed by atoms with Gasteiger partial charge in [0.25, 0.3) is 0 Å². The predicted octanol–water partition coefficient (Wildman–Crippen LogP) is 2.95. The van der Waals surface area contributed by atoms with Crippen LogP contribution in [0.1, 0.15) is 24.9 Å². The Hall–Kier alpha value is -1.79. The highest BCUT2D eigenvalue weighted by Crippen LogP contribution is 2.25. The molecule has 2 atom stereocenters. The summed E-state index contributed by atoms with van der Waals surface area (Å²) in [5.41, 5.74) is 1.29. The van der Waals surface area contributed by atoms with E-state index in [9.17, 15) is 8.78 Å². The molecule has 0 saturated carbocycles. The number of likely N-dealkylation sites (tertiary alicyclic amines) is 1. The summed E-state index contributed by atoms with van der Waals surface area (Å²) >= 11 is 0. The van der Waals surface area contributed by atoms with Gasteiger partial charge in [-0.05, 0) is 12.5 Å². The predicted molar refractivity (Wildman–Crippen MR) is 126 cm³/mol. The van der Waals surface area contributed by atoms with Gasteiger partial charge in [0, 0.05) is 45.1 Å². The van der Waals surface area contributed by atoms with Crippen molar-refractivity contribution in [2.24, 2.45) is 4.99 Å². The number of nitrogens with one attached hydrogen (secondary N) is 1. The minimum absolute atomic E-state index is 0. The van der Waals surface area contributed by atoms with Crippen molar-refractivity contribution in [1.82, 2.24) is 24.7 Å². The number of ether oxygens (including phenoxy) is 1. The molecule has 0 spiro atoms. The Kier molecular flexibility index (Phi) is 8.61. The van der Waals surface area contributed by atoms with E-state index in [-0.39, 0.29) is 48.5 Å². The normalized spacial score (nSPS) is 21.8. The molecule has 2 unspecified atom stereocenters. The molecule has 31 heavy (non-hydrogen) atoms. The monoisotopic (exact) mass is 546 g/mol. The summed E-state index contributed by atoms with van der Waals surface area (Å²) in [5, 5.41) is 3.29. The number of alkyl halides is 2. The zero-order chi connectivity index (χ0) is 20.9. The molecule has 4 rings (SSSR count). The minimum Gasteiger partial charge on any atom is -0.373 e. The van der Waals surface area contributed by atoms with Gasteiger partial charge in [0.1, 0.15) is 12.4 Å². The number of rotatable bonds is 6. The van der Waals surface area contributed by atoms with Gasteiger partial charge in [0.15, 0.2) is 5.96 Å². The molecule has 0 radical (unpaired) electrons.